The van der Waals surface area contributed by atoms with E-state index in [0.717, 1.165) is 16.1 Å². The highest BCUT2D eigenvalue weighted by Crippen LogP contribution is 2.21. The molecule has 0 aromatic carbocycles. The third-order valence-corrected chi connectivity index (χ3v) is 4.24. The Bertz CT molecular complexity index is 755. The lowest BCUT2D eigenvalue weighted by Crippen LogP contribution is -2.27. The van der Waals surface area contributed by atoms with Gasteiger partial charge in [-0.15, -0.1) is 11.3 Å². The molecule has 2 heterocycles. The first-order valence-corrected chi connectivity index (χ1v) is 7.59. The standard InChI is InChI=1S/C13H16N2O3S2/c1-4-8-5-9-11(20-8)14-13(19)15(12(9)17)6-10(16)18-7(2)3/h5,7H,4,6H2,1-3H3,(H,14,19). The lowest BCUT2D eigenvalue weighted by atomic mass is 10.3. The number of nitrogens with one attached hydrogen (secondary N) is 1. The van der Waals surface area contributed by atoms with E-state index in [1.54, 1.807) is 13.8 Å². The Hall–Kier alpha value is -1.47. The van der Waals surface area contributed by atoms with E-state index in [0.29, 0.717) is 5.39 Å². The molecule has 2 aromatic heterocycles. The van der Waals surface area contributed by atoms with Gasteiger partial charge in [-0.2, -0.15) is 0 Å². The molecule has 0 saturated carbocycles. The third-order valence-electron chi connectivity index (χ3n) is 2.73. The number of fused-ring (bicyclic) bond motifs is 1. The number of hydrogen-bond acceptors (Lipinski definition) is 5. The molecule has 2 aromatic rings. The van der Waals surface area contributed by atoms with Crippen molar-refractivity contribution in [3.05, 3.63) is 26.1 Å². The van der Waals surface area contributed by atoms with Crippen LogP contribution in [0, 0.1) is 4.77 Å². The summed E-state index contributed by atoms with van der Waals surface area (Å²) in [7, 11) is 0. The molecular weight excluding hydrogens is 296 g/mol. The number of aromatic amines is 1. The topological polar surface area (TPSA) is 64.1 Å². The van der Waals surface area contributed by atoms with Crippen LogP contribution in [0.15, 0.2) is 10.9 Å². The number of aromatic nitrogens is 2. The number of carbonyl (C=O) groups is 1. The first-order chi connectivity index (χ1) is 9.42. The van der Waals surface area contributed by atoms with E-state index in [2.05, 4.69) is 4.98 Å². The highest BCUT2D eigenvalue weighted by Gasteiger charge is 2.13. The predicted molar refractivity (Wildman–Crippen MR) is 81.9 cm³/mol. The second-order valence-corrected chi connectivity index (χ2v) is 6.19. The summed E-state index contributed by atoms with van der Waals surface area (Å²) in [4.78, 5) is 28.9. The summed E-state index contributed by atoms with van der Waals surface area (Å²) in [6, 6.07) is 1.85. The van der Waals surface area contributed by atoms with Gasteiger partial charge in [-0.05, 0) is 38.6 Å². The van der Waals surface area contributed by atoms with Crippen LogP contribution in [-0.4, -0.2) is 21.6 Å². The number of aryl methyl sites for hydroxylation is 1. The number of rotatable bonds is 4. The maximum absolute atomic E-state index is 12.4. The van der Waals surface area contributed by atoms with Crippen LogP contribution in [0.1, 0.15) is 25.6 Å². The van der Waals surface area contributed by atoms with Gasteiger partial charge in [-0.25, -0.2) is 0 Å². The zero-order chi connectivity index (χ0) is 14.9. The Kier molecular flexibility index (Phi) is 4.39. The van der Waals surface area contributed by atoms with Crippen molar-refractivity contribution in [2.75, 3.05) is 0 Å². The maximum atomic E-state index is 12.4. The van der Waals surface area contributed by atoms with Crippen LogP contribution in [0.25, 0.3) is 10.2 Å². The Morgan fingerprint density at radius 2 is 2.25 bits per heavy atom. The molecule has 108 valence electrons. The highest BCUT2D eigenvalue weighted by molar-refractivity contribution is 7.71. The maximum Gasteiger partial charge on any atom is 0.326 e. The normalized spacial score (nSPS) is 11.2. The lowest BCUT2D eigenvalue weighted by Gasteiger charge is -2.09. The van der Waals surface area contributed by atoms with Gasteiger partial charge >= 0.3 is 5.97 Å². The number of thiophene rings is 1. The second kappa shape index (κ2) is 5.88. The fourth-order valence-electron chi connectivity index (χ4n) is 1.84. The summed E-state index contributed by atoms with van der Waals surface area (Å²) >= 11 is 6.66. The Balaban J connectivity index is 2.46. The molecule has 0 aliphatic heterocycles. The predicted octanol–water partition coefficient (Wildman–Crippen LogP) is 2.63. The van der Waals surface area contributed by atoms with Gasteiger partial charge in [0.2, 0.25) is 0 Å². The molecule has 2 rings (SSSR count). The van der Waals surface area contributed by atoms with Crippen molar-refractivity contribution in [3.8, 4) is 0 Å². The molecule has 0 saturated heterocycles. The van der Waals surface area contributed by atoms with Crippen LogP contribution in [0.2, 0.25) is 0 Å². The van der Waals surface area contributed by atoms with E-state index in [4.69, 9.17) is 17.0 Å². The molecule has 0 unspecified atom stereocenters. The van der Waals surface area contributed by atoms with Gasteiger partial charge in [0, 0.05) is 4.88 Å². The summed E-state index contributed by atoms with van der Waals surface area (Å²) in [6.07, 6.45) is 0.640. The summed E-state index contributed by atoms with van der Waals surface area (Å²) in [5, 5.41) is 0.567. The molecule has 0 fully saturated rings. The number of H-pyrrole nitrogens is 1. The van der Waals surface area contributed by atoms with E-state index in [1.807, 2.05) is 13.0 Å². The van der Waals surface area contributed by atoms with Crippen molar-refractivity contribution in [1.82, 2.24) is 9.55 Å². The molecule has 0 bridgehead atoms. The first-order valence-electron chi connectivity index (χ1n) is 6.37. The summed E-state index contributed by atoms with van der Waals surface area (Å²) in [5.74, 6) is -0.466. The molecule has 0 atom stereocenters. The fourth-order valence-corrected chi connectivity index (χ4v) is 3.14. The molecule has 0 spiro atoms. The third kappa shape index (κ3) is 2.99. The van der Waals surface area contributed by atoms with Gasteiger partial charge in [0.05, 0.1) is 11.5 Å². The first kappa shape index (κ1) is 14.9. The van der Waals surface area contributed by atoms with Crippen molar-refractivity contribution >= 4 is 39.7 Å². The fraction of sp³-hybridized carbons (Fsp3) is 0.462. The molecule has 1 N–H and O–H groups in total. The van der Waals surface area contributed by atoms with Crippen LogP contribution in [0.3, 0.4) is 0 Å². The number of esters is 1. The molecule has 0 aliphatic rings. The van der Waals surface area contributed by atoms with Gasteiger partial charge in [0.1, 0.15) is 11.4 Å². The van der Waals surface area contributed by atoms with Gasteiger partial charge in [0.25, 0.3) is 5.56 Å². The average Bonchev–Trinajstić information content (AvgIpc) is 2.76. The smallest absolute Gasteiger partial charge is 0.326 e. The van der Waals surface area contributed by atoms with E-state index in [-0.39, 0.29) is 23.0 Å². The van der Waals surface area contributed by atoms with Crippen LogP contribution >= 0.6 is 23.6 Å². The SMILES string of the molecule is CCc1cc2c(=O)n(CC(=O)OC(C)C)c(=S)[nH]c2s1. The molecule has 7 heteroatoms. The van der Waals surface area contributed by atoms with Gasteiger partial charge in [-0.1, -0.05) is 6.92 Å². The molecular formula is C13H16N2O3S2. The van der Waals surface area contributed by atoms with Gasteiger partial charge in [0.15, 0.2) is 4.77 Å². The highest BCUT2D eigenvalue weighted by atomic mass is 32.1. The van der Waals surface area contributed by atoms with E-state index in [1.165, 1.54) is 15.9 Å². The van der Waals surface area contributed by atoms with E-state index >= 15 is 0 Å². The van der Waals surface area contributed by atoms with Crippen molar-refractivity contribution in [1.29, 1.82) is 0 Å². The lowest BCUT2D eigenvalue weighted by molar-refractivity contribution is -0.148. The molecule has 20 heavy (non-hydrogen) atoms. The van der Waals surface area contributed by atoms with Crippen molar-refractivity contribution < 1.29 is 9.53 Å². The molecule has 0 amide bonds. The number of hydrogen-bond donors (Lipinski definition) is 1. The summed E-state index contributed by atoms with van der Waals surface area (Å²) in [6.45, 7) is 5.38. The zero-order valence-electron chi connectivity index (χ0n) is 11.6. The van der Waals surface area contributed by atoms with Crippen LogP contribution in [0.4, 0.5) is 0 Å². The van der Waals surface area contributed by atoms with Crippen LogP contribution in [-0.2, 0) is 22.5 Å². The number of ether oxygens (including phenoxy) is 1. The monoisotopic (exact) mass is 312 g/mol. The minimum atomic E-state index is -0.466. The largest absolute Gasteiger partial charge is 0.462 e. The van der Waals surface area contributed by atoms with Crippen molar-refractivity contribution in [3.63, 3.8) is 0 Å². The van der Waals surface area contributed by atoms with E-state index < -0.39 is 5.97 Å². The Morgan fingerprint density at radius 3 is 2.85 bits per heavy atom. The van der Waals surface area contributed by atoms with Crippen LogP contribution in [0.5, 0.6) is 0 Å². The number of carbonyl (C=O) groups excluding carboxylic acids is 1. The Morgan fingerprint density at radius 1 is 1.55 bits per heavy atom. The van der Waals surface area contributed by atoms with E-state index in [9.17, 15) is 9.59 Å². The quantitative estimate of drug-likeness (QED) is 0.696. The molecule has 0 aliphatic carbocycles. The van der Waals surface area contributed by atoms with Gasteiger partial charge < -0.3 is 9.72 Å². The van der Waals surface area contributed by atoms with Crippen molar-refractivity contribution in [2.24, 2.45) is 0 Å². The molecule has 5 nitrogen and oxygen atoms in total. The van der Waals surface area contributed by atoms with Gasteiger partial charge in [-0.3, -0.25) is 14.2 Å². The molecule has 0 radical (unpaired) electrons. The summed E-state index contributed by atoms with van der Waals surface area (Å²) < 4.78 is 6.53. The second-order valence-electron chi connectivity index (χ2n) is 4.67. The minimum absolute atomic E-state index is 0.167. The number of nitrogens with zero attached hydrogens (tertiary/aromatic N) is 1. The van der Waals surface area contributed by atoms with Crippen molar-refractivity contribution in [2.45, 2.75) is 39.8 Å². The average molecular weight is 312 g/mol. The Labute approximate surface area is 125 Å². The van der Waals surface area contributed by atoms with Crippen LogP contribution < -0.4 is 5.56 Å². The zero-order valence-corrected chi connectivity index (χ0v) is 13.2. The summed E-state index contributed by atoms with van der Waals surface area (Å²) in [5.41, 5.74) is -0.250. The minimum Gasteiger partial charge on any atom is -0.462 e.